The van der Waals surface area contributed by atoms with E-state index in [4.69, 9.17) is 0 Å². The Hall–Kier alpha value is -0.900. The summed E-state index contributed by atoms with van der Waals surface area (Å²) in [6.45, 7) is 3.43. The van der Waals surface area contributed by atoms with Gasteiger partial charge in [0.1, 0.15) is 11.3 Å². The molecule has 1 heterocycles. The Morgan fingerprint density at radius 1 is 1.58 bits per heavy atom. The second-order valence-electron chi connectivity index (χ2n) is 3.87. The van der Waals surface area contributed by atoms with Gasteiger partial charge in [-0.3, -0.25) is 0 Å². The van der Waals surface area contributed by atoms with Crippen LogP contribution in [0.4, 0.5) is 0 Å². The molecule has 1 aromatic rings. The topological polar surface area (TPSA) is 50.9 Å². The summed E-state index contributed by atoms with van der Waals surface area (Å²) in [7, 11) is 0. The molecule has 1 aliphatic rings. The van der Waals surface area contributed by atoms with Gasteiger partial charge in [-0.15, -0.1) is 5.10 Å². The molecule has 1 saturated carbocycles. The fourth-order valence-electron chi connectivity index (χ4n) is 1.07. The monoisotopic (exact) mass is 167 g/mol. The molecule has 66 valence electrons. The molecule has 2 rings (SSSR count). The van der Waals surface area contributed by atoms with E-state index in [1.807, 2.05) is 10.9 Å². The van der Waals surface area contributed by atoms with Crippen LogP contribution in [0.1, 0.15) is 38.4 Å². The first kappa shape index (κ1) is 7.73. The van der Waals surface area contributed by atoms with Crippen LogP contribution >= 0.6 is 0 Å². The summed E-state index contributed by atoms with van der Waals surface area (Å²) < 4.78 is 1.84. The first-order chi connectivity index (χ1) is 5.57. The van der Waals surface area contributed by atoms with Crippen molar-refractivity contribution in [1.29, 1.82) is 0 Å². The van der Waals surface area contributed by atoms with Crippen LogP contribution in [0.5, 0.6) is 0 Å². The van der Waals surface area contributed by atoms with E-state index >= 15 is 0 Å². The van der Waals surface area contributed by atoms with Gasteiger partial charge in [-0.25, -0.2) is 4.68 Å². The number of aromatic nitrogens is 3. The molecule has 0 spiro atoms. The highest BCUT2D eigenvalue weighted by atomic mass is 16.3. The number of rotatable bonds is 2. The zero-order chi connectivity index (χ0) is 8.77. The summed E-state index contributed by atoms with van der Waals surface area (Å²) >= 11 is 0. The minimum Gasteiger partial charge on any atom is -0.384 e. The molecule has 1 aliphatic carbocycles. The third kappa shape index (κ3) is 1.34. The van der Waals surface area contributed by atoms with E-state index < -0.39 is 5.60 Å². The fraction of sp³-hybridized carbons (Fsp3) is 0.750. The zero-order valence-electron chi connectivity index (χ0n) is 7.36. The molecule has 0 bridgehead atoms. The summed E-state index contributed by atoms with van der Waals surface area (Å²) in [6, 6.07) is 0.536. The van der Waals surface area contributed by atoms with Crippen LogP contribution in [0.25, 0.3) is 0 Å². The molecule has 1 N–H and O–H groups in total. The third-order valence-electron chi connectivity index (χ3n) is 2.06. The first-order valence-electron chi connectivity index (χ1n) is 4.22. The van der Waals surface area contributed by atoms with Crippen LogP contribution < -0.4 is 0 Å². The Bertz CT molecular complexity index is 283. The third-order valence-corrected chi connectivity index (χ3v) is 2.06. The lowest BCUT2D eigenvalue weighted by atomic mass is 10.1. The minimum absolute atomic E-state index is 0.536. The van der Waals surface area contributed by atoms with Crippen molar-refractivity contribution < 1.29 is 5.11 Å². The van der Waals surface area contributed by atoms with Crippen molar-refractivity contribution >= 4 is 0 Å². The lowest BCUT2D eigenvalue weighted by molar-refractivity contribution is 0.0737. The fourth-order valence-corrected chi connectivity index (χ4v) is 1.07. The quantitative estimate of drug-likeness (QED) is 0.710. The Labute approximate surface area is 71.2 Å². The van der Waals surface area contributed by atoms with Crippen LogP contribution in [0.15, 0.2) is 6.20 Å². The second-order valence-corrected chi connectivity index (χ2v) is 3.87. The number of nitrogens with zero attached hydrogens (tertiary/aromatic N) is 3. The van der Waals surface area contributed by atoms with Crippen LogP contribution in [0, 0.1) is 0 Å². The Kier molecular flexibility index (Phi) is 1.48. The van der Waals surface area contributed by atoms with E-state index in [2.05, 4.69) is 10.3 Å². The standard InChI is InChI=1S/C8H13N3O/c1-8(2,12)7-5-11(10-9-7)6-3-4-6/h5-6,12H,3-4H2,1-2H3. The van der Waals surface area contributed by atoms with Gasteiger partial charge in [0.25, 0.3) is 0 Å². The van der Waals surface area contributed by atoms with Crippen molar-refractivity contribution in [3.63, 3.8) is 0 Å². The molecule has 1 aromatic heterocycles. The summed E-state index contributed by atoms with van der Waals surface area (Å²) in [5.74, 6) is 0. The largest absolute Gasteiger partial charge is 0.384 e. The molecule has 0 unspecified atom stereocenters. The number of hydrogen-bond acceptors (Lipinski definition) is 3. The Morgan fingerprint density at radius 3 is 2.67 bits per heavy atom. The van der Waals surface area contributed by atoms with Crippen LogP contribution in [-0.2, 0) is 5.60 Å². The molecule has 4 nitrogen and oxygen atoms in total. The maximum atomic E-state index is 9.59. The van der Waals surface area contributed by atoms with Gasteiger partial charge in [0, 0.05) is 0 Å². The molecule has 12 heavy (non-hydrogen) atoms. The van der Waals surface area contributed by atoms with Crippen molar-refractivity contribution in [3.8, 4) is 0 Å². The lowest BCUT2D eigenvalue weighted by Crippen LogP contribution is -2.15. The molecule has 0 atom stereocenters. The van der Waals surface area contributed by atoms with Crippen LogP contribution in [-0.4, -0.2) is 20.1 Å². The normalized spacial score (nSPS) is 18.2. The molecule has 1 fully saturated rings. The number of hydrogen-bond donors (Lipinski definition) is 1. The molecule has 0 amide bonds. The summed E-state index contributed by atoms with van der Waals surface area (Å²) in [4.78, 5) is 0. The summed E-state index contributed by atoms with van der Waals surface area (Å²) in [5.41, 5.74) is -0.220. The maximum Gasteiger partial charge on any atom is 0.114 e. The predicted octanol–water partition coefficient (Wildman–Crippen LogP) is 0.840. The van der Waals surface area contributed by atoms with E-state index in [-0.39, 0.29) is 0 Å². The maximum absolute atomic E-state index is 9.59. The molecule has 4 heteroatoms. The zero-order valence-corrected chi connectivity index (χ0v) is 7.36. The van der Waals surface area contributed by atoms with Gasteiger partial charge < -0.3 is 5.11 Å². The van der Waals surface area contributed by atoms with Crippen molar-refractivity contribution in [2.45, 2.75) is 38.3 Å². The molecular formula is C8H13N3O. The molecule has 0 radical (unpaired) electrons. The Balaban J connectivity index is 2.23. The van der Waals surface area contributed by atoms with Crippen molar-refractivity contribution in [2.75, 3.05) is 0 Å². The summed E-state index contributed by atoms with van der Waals surface area (Å²) in [5, 5.41) is 17.5. The molecule has 0 aromatic carbocycles. The molecular weight excluding hydrogens is 154 g/mol. The van der Waals surface area contributed by atoms with Crippen molar-refractivity contribution in [2.24, 2.45) is 0 Å². The van der Waals surface area contributed by atoms with E-state index in [1.165, 1.54) is 12.8 Å². The van der Waals surface area contributed by atoms with Gasteiger partial charge in [0.2, 0.25) is 0 Å². The van der Waals surface area contributed by atoms with Gasteiger partial charge >= 0.3 is 0 Å². The van der Waals surface area contributed by atoms with Gasteiger partial charge in [-0.05, 0) is 26.7 Å². The predicted molar refractivity (Wildman–Crippen MR) is 43.5 cm³/mol. The minimum atomic E-state index is -0.868. The van der Waals surface area contributed by atoms with E-state index in [0.29, 0.717) is 11.7 Å². The van der Waals surface area contributed by atoms with Gasteiger partial charge in [0.05, 0.1) is 12.2 Å². The summed E-state index contributed by atoms with van der Waals surface area (Å²) in [6.07, 6.45) is 4.21. The average Bonchev–Trinajstić information content (AvgIpc) is 2.66. The highest BCUT2D eigenvalue weighted by Crippen LogP contribution is 2.34. The van der Waals surface area contributed by atoms with E-state index in [0.717, 1.165) is 0 Å². The van der Waals surface area contributed by atoms with E-state index in [1.54, 1.807) is 13.8 Å². The van der Waals surface area contributed by atoms with E-state index in [9.17, 15) is 5.11 Å². The first-order valence-corrected chi connectivity index (χ1v) is 4.22. The Morgan fingerprint density at radius 2 is 2.25 bits per heavy atom. The van der Waals surface area contributed by atoms with Crippen molar-refractivity contribution in [3.05, 3.63) is 11.9 Å². The van der Waals surface area contributed by atoms with Crippen LogP contribution in [0.3, 0.4) is 0 Å². The smallest absolute Gasteiger partial charge is 0.114 e. The molecule has 0 saturated heterocycles. The highest BCUT2D eigenvalue weighted by molar-refractivity contribution is 5.04. The van der Waals surface area contributed by atoms with Crippen LogP contribution in [0.2, 0.25) is 0 Å². The van der Waals surface area contributed by atoms with Gasteiger partial charge in [0.15, 0.2) is 0 Å². The second kappa shape index (κ2) is 2.29. The van der Waals surface area contributed by atoms with Crippen molar-refractivity contribution in [1.82, 2.24) is 15.0 Å². The van der Waals surface area contributed by atoms with Gasteiger partial charge in [-0.1, -0.05) is 5.21 Å². The lowest BCUT2D eigenvalue weighted by Gasteiger charge is -2.11. The highest BCUT2D eigenvalue weighted by Gasteiger charge is 2.27. The SMILES string of the molecule is CC(C)(O)c1cn(C2CC2)nn1. The number of aliphatic hydroxyl groups is 1. The molecule has 0 aliphatic heterocycles. The average molecular weight is 167 g/mol. The van der Waals surface area contributed by atoms with Gasteiger partial charge in [-0.2, -0.15) is 0 Å².